The molecular weight excluding hydrogens is 437 g/mol. The first-order chi connectivity index (χ1) is 13.1. The average molecular weight is 463 g/mol. The van der Waals surface area contributed by atoms with Crippen molar-refractivity contribution in [3.8, 4) is 11.5 Å². The summed E-state index contributed by atoms with van der Waals surface area (Å²) >= 11 is 6.30. The van der Waals surface area contributed by atoms with Crippen LogP contribution in [0.5, 0.6) is 11.5 Å². The molecule has 160 valence electrons. The summed E-state index contributed by atoms with van der Waals surface area (Å²) in [5.74, 6) is 0.978. The third-order valence-electron chi connectivity index (χ3n) is 4.81. The van der Waals surface area contributed by atoms with E-state index in [2.05, 4.69) is 15.6 Å². The number of amides is 1. The summed E-state index contributed by atoms with van der Waals surface area (Å²) in [7, 11) is 1.70. The zero-order chi connectivity index (χ0) is 19.1. The van der Waals surface area contributed by atoms with Crippen LogP contribution in [-0.4, -0.2) is 44.2 Å². The van der Waals surface area contributed by atoms with Crippen LogP contribution in [0.25, 0.3) is 0 Å². The second kappa shape index (κ2) is 12.2. The Labute approximate surface area is 188 Å². The highest BCUT2D eigenvalue weighted by atomic mass is 35.5. The highest BCUT2D eigenvalue weighted by Gasteiger charge is 2.32. The molecule has 1 aromatic heterocycles. The van der Waals surface area contributed by atoms with Gasteiger partial charge in [0.1, 0.15) is 11.5 Å². The van der Waals surface area contributed by atoms with E-state index in [1.807, 2.05) is 0 Å². The lowest BCUT2D eigenvalue weighted by Gasteiger charge is -2.37. The molecule has 9 heteroatoms. The van der Waals surface area contributed by atoms with E-state index in [0.29, 0.717) is 35.2 Å². The summed E-state index contributed by atoms with van der Waals surface area (Å²) in [5.41, 5.74) is 0.479. The number of benzene rings is 1. The Hall–Kier alpha value is -1.57. The maximum Gasteiger partial charge on any atom is 0.251 e. The van der Waals surface area contributed by atoms with Crippen LogP contribution in [0.3, 0.4) is 0 Å². The minimum Gasteiger partial charge on any atom is -0.456 e. The molecule has 1 aromatic carbocycles. The van der Waals surface area contributed by atoms with Crippen molar-refractivity contribution in [3.05, 3.63) is 53.3 Å². The van der Waals surface area contributed by atoms with Crippen LogP contribution in [-0.2, 0) is 4.74 Å². The molecule has 29 heavy (non-hydrogen) atoms. The van der Waals surface area contributed by atoms with Crippen LogP contribution in [0.2, 0.25) is 5.02 Å². The molecule has 6 nitrogen and oxygen atoms in total. The second-order valence-corrected chi connectivity index (χ2v) is 7.20. The Morgan fingerprint density at radius 3 is 2.52 bits per heavy atom. The number of halogens is 3. The Morgan fingerprint density at radius 1 is 1.21 bits per heavy atom. The number of hydrogen-bond donors (Lipinski definition) is 2. The molecule has 0 bridgehead atoms. The molecule has 1 saturated heterocycles. The van der Waals surface area contributed by atoms with E-state index in [1.54, 1.807) is 49.8 Å². The van der Waals surface area contributed by atoms with Gasteiger partial charge in [0.15, 0.2) is 0 Å². The normalized spacial score (nSPS) is 14.8. The van der Waals surface area contributed by atoms with E-state index in [-0.39, 0.29) is 36.1 Å². The first kappa shape index (κ1) is 25.5. The number of rotatable bonds is 7. The van der Waals surface area contributed by atoms with Crippen molar-refractivity contribution in [2.24, 2.45) is 5.41 Å². The van der Waals surface area contributed by atoms with Crippen LogP contribution >= 0.6 is 36.4 Å². The highest BCUT2D eigenvalue weighted by Crippen LogP contribution is 2.31. The van der Waals surface area contributed by atoms with Crippen LogP contribution in [0.4, 0.5) is 0 Å². The highest BCUT2D eigenvalue weighted by molar-refractivity contribution is 6.32. The molecule has 0 saturated carbocycles. The number of carbonyl (C=O) groups is 1. The molecule has 0 atom stereocenters. The quantitative estimate of drug-likeness (QED) is 0.648. The fraction of sp³-hybridized carbons (Fsp3) is 0.400. The molecule has 3 rings (SSSR count). The molecular formula is C20H26Cl3N3O3. The minimum atomic E-state index is -0.152. The smallest absolute Gasteiger partial charge is 0.251 e. The van der Waals surface area contributed by atoms with E-state index in [4.69, 9.17) is 21.1 Å². The third kappa shape index (κ3) is 7.01. The van der Waals surface area contributed by atoms with Crippen LogP contribution < -0.4 is 15.4 Å². The number of nitrogens with zero attached hydrogens (tertiary/aromatic N) is 1. The average Bonchev–Trinajstić information content (AvgIpc) is 2.69. The molecule has 1 aliphatic heterocycles. The molecule has 1 amide bonds. The zero-order valence-electron chi connectivity index (χ0n) is 16.2. The second-order valence-electron chi connectivity index (χ2n) is 6.80. The lowest BCUT2D eigenvalue weighted by molar-refractivity contribution is 0.0512. The van der Waals surface area contributed by atoms with Crippen molar-refractivity contribution in [2.75, 3.05) is 33.4 Å². The first-order valence-electron chi connectivity index (χ1n) is 8.97. The predicted molar refractivity (Wildman–Crippen MR) is 119 cm³/mol. The monoisotopic (exact) mass is 461 g/mol. The SMILES string of the molecule is COCC1(CNC(=O)c2ccc(Oc3ccncc3)c(Cl)c2)CCNCC1.Cl.Cl. The Balaban J connectivity index is 0.00000210. The fourth-order valence-electron chi connectivity index (χ4n) is 3.26. The van der Waals surface area contributed by atoms with Crippen molar-refractivity contribution in [1.29, 1.82) is 0 Å². The first-order valence-corrected chi connectivity index (χ1v) is 9.35. The summed E-state index contributed by atoms with van der Waals surface area (Å²) in [6.07, 6.45) is 5.23. The van der Waals surface area contributed by atoms with Crippen LogP contribution in [0.15, 0.2) is 42.7 Å². The predicted octanol–water partition coefficient (Wildman–Crippen LogP) is 4.12. The molecule has 2 heterocycles. The van der Waals surface area contributed by atoms with E-state index < -0.39 is 0 Å². The maximum atomic E-state index is 12.6. The summed E-state index contributed by atoms with van der Waals surface area (Å²) < 4.78 is 11.1. The molecule has 2 N–H and O–H groups in total. The maximum absolute atomic E-state index is 12.6. The minimum absolute atomic E-state index is 0. The van der Waals surface area contributed by atoms with Crippen LogP contribution in [0.1, 0.15) is 23.2 Å². The Morgan fingerprint density at radius 2 is 1.90 bits per heavy atom. The van der Waals surface area contributed by atoms with Crippen molar-refractivity contribution < 1.29 is 14.3 Å². The van der Waals surface area contributed by atoms with Gasteiger partial charge >= 0.3 is 0 Å². The molecule has 2 aromatic rings. The van der Waals surface area contributed by atoms with E-state index in [0.717, 1.165) is 25.9 Å². The van der Waals surface area contributed by atoms with Crippen molar-refractivity contribution in [3.63, 3.8) is 0 Å². The van der Waals surface area contributed by atoms with Gasteiger partial charge in [0.25, 0.3) is 5.91 Å². The number of pyridine rings is 1. The molecule has 1 fully saturated rings. The number of ether oxygens (including phenoxy) is 2. The van der Waals surface area contributed by atoms with Gasteiger partial charge in [-0.15, -0.1) is 24.8 Å². The van der Waals surface area contributed by atoms with Gasteiger partial charge in [-0.1, -0.05) is 11.6 Å². The third-order valence-corrected chi connectivity index (χ3v) is 5.11. The lowest BCUT2D eigenvalue weighted by Crippen LogP contribution is -2.47. The summed E-state index contributed by atoms with van der Waals surface area (Å²) in [6.45, 7) is 3.08. The van der Waals surface area contributed by atoms with Crippen molar-refractivity contribution in [2.45, 2.75) is 12.8 Å². The van der Waals surface area contributed by atoms with E-state index in [9.17, 15) is 4.79 Å². The van der Waals surface area contributed by atoms with Gasteiger partial charge in [-0.3, -0.25) is 9.78 Å². The number of hydrogen-bond acceptors (Lipinski definition) is 5. The lowest BCUT2D eigenvalue weighted by atomic mass is 9.79. The number of aromatic nitrogens is 1. The van der Waals surface area contributed by atoms with Gasteiger partial charge in [-0.25, -0.2) is 0 Å². The summed E-state index contributed by atoms with van der Waals surface area (Å²) in [4.78, 5) is 16.5. The summed E-state index contributed by atoms with van der Waals surface area (Å²) in [5, 5.41) is 6.77. The Kier molecular flexibility index (Phi) is 10.7. The van der Waals surface area contributed by atoms with Gasteiger partial charge in [-0.2, -0.15) is 0 Å². The summed E-state index contributed by atoms with van der Waals surface area (Å²) in [6, 6.07) is 8.52. The van der Waals surface area contributed by atoms with Gasteiger partial charge in [0.05, 0.1) is 11.6 Å². The standard InChI is InChI=1S/C20H24ClN3O3.2ClH/c1-26-14-20(6-10-23-11-7-20)13-24-19(25)15-2-3-18(17(21)12-15)27-16-4-8-22-9-5-16;;/h2-5,8-9,12,23H,6-7,10-11,13-14H2,1H3,(H,24,25);2*1H. The molecule has 0 aliphatic carbocycles. The van der Waals surface area contributed by atoms with Gasteiger partial charge in [0, 0.05) is 37.0 Å². The number of carbonyl (C=O) groups excluding carboxylic acids is 1. The van der Waals surface area contributed by atoms with Crippen molar-refractivity contribution in [1.82, 2.24) is 15.6 Å². The number of piperidine rings is 1. The van der Waals surface area contributed by atoms with Gasteiger partial charge in [-0.05, 0) is 56.3 Å². The van der Waals surface area contributed by atoms with Crippen molar-refractivity contribution >= 4 is 42.3 Å². The van der Waals surface area contributed by atoms with Gasteiger partial charge in [0.2, 0.25) is 0 Å². The number of methoxy groups -OCH3 is 1. The topological polar surface area (TPSA) is 72.5 Å². The van der Waals surface area contributed by atoms with E-state index in [1.165, 1.54) is 0 Å². The number of nitrogens with one attached hydrogen (secondary N) is 2. The van der Waals surface area contributed by atoms with E-state index >= 15 is 0 Å². The zero-order valence-corrected chi connectivity index (χ0v) is 18.5. The van der Waals surface area contributed by atoms with Gasteiger partial charge < -0.3 is 20.1 Å². The molecule has 0 unspecified atom stereocenters. The van der Waals surface area contributed by atoms with Crippen LogP contribution in [0, 0.1) is 5.41 Å². The molecule has 1 aliphatic rings. The Bertz CT molecular complexity index is 767. The largest absolute Gasteiger partial charge is 0.456 e. The molecule has 0 spiro atoms. The molecule has 0 radical (unpaired) electrons. The fourth-order valence-corrected chi connectivity index (χ4v) is 3.48.